The summed E-state index contributed by atoms with van der Waals surface area (Å²) in [6.45, 7) is 12.2. The van der Waals surface area contributed by atoms with Crippen molar-refractivity contribution in [2.75, 3.05) is 0 Å². The van der Waals surface area contributed by atoms with Crippen LogP contribution in [0.15, 0.2) is 0 Å². The summed E-state index contributed by atoms with van der Waals surface area (Å²) in [5.41, 5.74) is 0. The Bertz CT molecular complexity index is 169. The van der Waals surface area contributed by atoms with E-state index in [1.807, 2.05) is 0 Å². The molecule has 0 nitrogen and oxygen atoms in total. The Morgan fingerprint density at radius 2 is 1.33 bits per heavy atom. The molecule has 0 aromatic carbocycles. The molecular weight excluding hydrogens is 180 g/mol. The molecule has 0 saturated heterocycles. The monoisotopic (exact) mass is 210 g/mol. The molecule has 90 valence electrons. The van der Waals surface area contributed by atoms with Gasteiger partial charge < -0.3 is 0 Å². The second-order valence-electron chi connectivity index (χ2n) is 6.44. The summed E-state index contributed by atoms with van der Waals surface area (Å²) >= 11 is 0. The standard InChI is InChI=1S/C15H30/c1-11(2)14-9-7-6-8-13(5)10-15(14)12(3)4/h11-15H,6-10H2,1-5H3. The van der Waals surface area contributed by atoms with E-state index in [1.165, 1.54) is 32.1 Å². The van der Waals surface area contributed by atoms with Crippen molar-refractivity contribution in [1.82, 2.24) is 0 Å². The van der Waals surface area contributed by atoms with Crippen LogP contribution in [0.5, 0.6) is 0 Å². The second-order valence-corrected chi connectivity index (χ2v) is 6.44. The van der Waals surface area contributed by atoms with E-state index in [0.717, 1.165) is 29.6 Å². The topological polar surface area (TPSA) is 0 Å². The molecule has 1 rings (SSSR count). The van der Waals surface area contributed by atoms with Crippen LogP contribution >= 0.6 is 0 Å². The Labute approximate surface area is 96.8 Å². The summed E-state index contributed by atoms with van der Waals surface area (Å²) in [7, 11) is 0. The lowest BCUT2D eigenvalue weighted by Gasteiger charge is -2.37. The lowest BCUT2D eigenvalue weighted by molar-refractivity contribution is 0.134. The molecule has 15 heavy (non-hydrogen) atoms. The molecule has 3 unspecified atom stereocenters. The molecule has 0 aliphatic heterocycles. The molecule has 0 spiro atoms. The van der Waals surface area contributed by atoms with E-state index in [2.05, 4.69) is 34.6 Å². The van der Waals surface area contributed by atoms with Gasteiger partial charge in [0.25, 0.3) is 0 Å². The molecule has 1 saturated carbocycles. The van der Waals surface area contributed by atoms with Crippen LogP contribution in [0, 0.1) is 29.6 Å². The first kappa shape index (κ1) is 13.1. The minimum absolute atomic E-state index is 0.873. The average Bonchev–Trinajstić information content (AvgIpc) is 2.10. The zero-order chi connectivity index (χ0) is 11.4. The highest BCUT2D eigenvalue weighted by atomic mass is 14.3. The van der Waals surface area contributed by atoms with E-state index in [1.54, 1.807) is 0 Å². The molecule has 0 aromatic heterocycles. The maximum absolute atomic E-state index is 2.46. The van der Waals surface area contributed by atoms with Gasteiger partial charge in [-0.25, -0.2) is 0 Å². The Morgan fingerprint density at radius 1 is 0.800 bits per heavy atom. The Kier molecular flexibility index (Phi) is 5.15. The van der Waals surface area contributed by atoms with Crippen molar-refractivity contribution in [1.29, 1.82) is 0 Å². The molecule has 0 aromatic rings. The summed E-state index contributed by atoms with van der Waals surface area (Å²) in [4.78, 5) is 0. The molecule has 0 heterocycles. The molecule has 1 fully saturated rings. The van der Waals surface area contributed by atoms with Gasteiger partial charge in [0.2, 0.25) is 0 Å². The Morgan fingerprint density at radius 3 is 1.87 bits per heavy atom. The maximum Gasteiger partial charge on any atom is -0.0358 e. The molecule has 0 amide bonds. The Balaban J connectivity index is 2.69. The summed E-state index contributed by atoms with van der Waals surface area (Å²) in [5.74, 6) is 4.66. The van der Waals surface area contributed by atoms with Gasteiger partial charge in [-0.3, -0.25) is 0 Å². The van der Waals surface area contributed by atoms with Gasteiger partial charge in [0.15, 0.2) is 0 Å². The highest BCUT2D eigenvalue weighted by molar-refractivity contribution is 4.79. The molecule has 1 aliphatic carbocycles. The van der Waals surface area contributed by atoms with Gasteiger partial charge >= 0.3 is 0 Å². The van der Waals surface area contributed by atoms with Crippen LogP contribution in [0.1, 0.15) is 66.7 Å². The van der Waals surface area contributed by atoms with Crippen LogP contribution < -0.4 is 0 Å². The summed E-state index contributed by atoms with van der Waals surface area (Å²) < 4.78 is 0. The van der Waals surface area contributed by atoms with E-state index in [9.17, 15) is 0 Å². The van der Waals surface area contributed by atoms with Gasteiger partial charge in [-0.1, -0.05) is 53.9 Å². The molecule has 0 bridgehead atoms. The van der Waals surface area contributed by atoms with Crippen LogP contribution in [0.4, 0.5) is 0 Å². The SMILES string of the molecule is CC1CCCCC(C(C)C)C(C(C)C)C1. The molecule has 0 N–H and O–H groups in total. The minimum atomic E-state index is 0.873. The van der Waals surface area contributed by atoms with Gasteiger partial charge in [-0.05, 0) is 42.4 Å². The first-order valence-electron chi connectivity index (χ1n) is 7.02. The van der Waals surface area contributed by atoms with Gasteiger partial charge in [0.05, 0.1) is 0 Å². The lowest BCUT2D eigenvalue weighted by Crippen LogP contribution is -2.28. The van der Waals surface area contributed by atoms with Gasteiger partial charge in [-0.15, -0.1) is 0 Å². The van der Waals surface area contributed by atoms with E-state index < -0.39 is 0 Å². The molecule has 0 heteroatoms. The van der Waals surface area contributed by atoms with Crippen LogP contribution in [-0.4, -0.2) is 0 Å². The van der Waals surface area contributed by atoms with Crippen molar-refractivity contribution in [3.63, 3.8) is 0 Å². The van der Waals surface area contributed by atoms with E-state index in [0.29, 0.717) is 0 Å². The first-order chi connectivity index (χ1) is 7.02. The van der Waals surface area contributed by atoms with E-state index >= 15 is 0 Å². The summed E-state index contributed by atoms with van der Waals surface area (Å²) in [5, 5.41) is 0. The largest absolute Gasteiger partial charge is 0.0625 e. The highest BCUT2D eigenvalue weighted by Gasteiger charge is 2.29. The minimum Gasteiger partial charge on any atom is -0.0625 e. The predicted molar refractivity (Wildman–Crippen MR) is 68.9 cm³/mol. The van der Waals surface area contributed by atoms with Crippen LogP contribution in [0.3, 0.4) is 0 Å². The number of hydrogen-bond acceptors (Lipinski definition) is 0. The maximum atomic E-state index is 2.46. The molecule has 3 atom stereocenters. The van der Waals surface area contributed by atoms with Crippen molar-refractivity contribution in [3.8, 4) is 0 Å². The second kappa shape index (κ2) is 5.92. The first-order valence-corrected chi connectivity index (χ1v) is 7.02. The van der Waals surface area contributed by atoms with Crippen LogP contribution in [0.2, 0.25) is 0 Å². The lowest BCUT2D eigenvalue weighted by atomic mass is 9.69. The predicted octanol–water partition coefficient (Wildman–Crippen LogP) is 5.13. The van der Waals surface area contributed by atoms with Crippen molar-refractivity contribution in [2.45, 2.75) is 66.7 Å². The van der Waals surface area contributed by atoms with E-state index in [4.69, 9.17) is 0 Å². The van der Waals surface area contributed by atoms with Crippen molar-refractivity contribution in [2.24, 2.45) is 29.6 Å². The highest BCUT2D eigenvalue weighted by Crippen LogP contribution is 2.38. The summed E-state index contributed by atoms with van der Waals surface area (Å²) in [6.07, 6.45) is 7.35. The Hall–Kier alpha value is 0. The fourth-order valence-corrected chi connectivity index (χ4v) is 3.44. The fraction of sp³-hybridized carbons (Fsp3) is 1.00. The third-order valence-corrected chi connectivity index (χ3v) is 4.42. The molecule has 0 radical (unpaired) electrons. The molecule has 1 aliphatic rings. The van der Waals surface area contributed by atoms with Crippen LogP contribution in [0.25, 0.3) is 0 Å². The zero-order valence-electron chi connectivity index (χ0n) is 11.4. The van der Waals surface area contributed by atoms with Gasteiger partial charge in [0, 0.05) is 0 Å². The van der Waals surface area contributed by atoms with E-state index in [-0.39, 0.29) is 0 Å². The van der Waals surface area contributed by atoms with Crippen molar-refractivity contribution < 1.29 is 0 Å². The van der Waals surface area contributed by atoms with Gasteiger partial charge in [0.1, 0.15) is 0 Å². The average molecular weight is 210 g/mol. The van der Waals surface area contributed by atoms with Crippen LogP contribution in [-0.2, 0) is 0 Å². The number of hydrogen-bond donors (Lipinski definition) is 0. The molecular formula is C15H30. The summed E-state index contributed by atoms with van der Waals surface area (Å²) in [6, 6.07) is 0. The van der Waals surface area contributed by atoms with Crippen molar-refractivity contribution >= 4 is 0 Å². The normalized spacial score (nSPS) is 34.2. The quantitative estimate of drug-likeness (QED) is 0.592. The fourth-order valence-electron chi connectivity index (χ4n) is 3.44. The third kappa shape index (κ3) is 3.81. The van der Waals surface area contributed by atoms with Gasteiger partial charge in [-0.2, -0.15) is 0 Å². The third-order valence-electron chi connectivity index (χ3n) is 4.42. The smallest absolute Gasteiger partial charge is 0.0358 e. The zero-order valence-corrected chi connectivity index (χ0v) is 11.4. The number of rotatable bonds is 2. The van der Waals surface area contributed by atoms with Crippen molar-refractivity contribution in [3.05, 3.63) is 0 Å².